The predicted molar refractivity (Wildman–Crippen MR) is 77.4 cm³/mol. The predicted octanol–water partition coefficient (Wildman–Crippen LogP) is 3.04. The number of rotatable bonds is 2. The number of ketones is 1. The molecule has 0 bridgehead atoms. The number of Topliss-reactive ketones (excluding diaryl/α,β-unsaturated/α-hetero) is 1. The van der Waals surface area contributed by atoms with Crippen LogP contribution in [-0.2, 0) is 17.6 Å². The van der Waals surface area contributed by atoms with Gasteiger partial charge in [-0.05, 0) is 46.5 Å². The Morgan fingerprint density at radius 3 is 1.65 bits per heavy atom. The maximum absolute atomic E-state index is 12.1. The van der Waals surface area contributed by atoms with Gasteiger partial charge in [0.25, 0.3) is 0 Å². The number of methoxy groups -OCH3 is 2. The van der Waals surface area contributed by atoms with Gasteiger partial charge < -0.3 is 9.47 Å². The SMILES string of the molecule is COc1ccc2c(c1)CC(=O)Cc1cc(OC)ccc1-2. The van der Waals surface area contributed by atoms with Crippen LogP contribution in [0.3, 0.4) is 0 Å². The average molecular weight is 268 g/mol. The second kappa shape index (κ2) is 5.00. The largest absolute Gasteiger partial charge is 0.497 e. The summed E-state index contributed by atoms with van der Waals surface area (Å²) in [5.74, 6) is 1.79. The first-order chi connectivity index (χ1) is 9.71. The van der Waals surface area contributed by atoms with Crippen molar-refractivity contribution in [3.05, 3.63) is 47.5 Å². The van der Waals surface area contributed by atoms with Gasteiger partial charge in [-0.1, -0.05) is 12.1 Å². The zero-order chi connectivity index (χ0) is 14.1. The van der Waals surface area contributed by atoms with E-state index < -0.39 is 0 Å². The molecule has 0 N–H and O–H groups in total. The highest BCUT2D eigenvalue weighted by Crippen LogP contribution is 2.35. The Kier molecular flexibility index (Phi) is 3.18. The van der Waals surface area contributed by atoms with Crippen LogP contribution in [0.15, 0.2) is 36.4 Å². The third-order valence-corrected chi connectivity index (χ3v) is 3.69. The van der Waals surface area contributed by atoms with Gasteiger partial charge in [-0.15, -0.1) is 0 Å². The number of ether oxygens (including phenoxy) is 2. The lowest BCUT2D eigenvalue weighted by Crippen LogP contribution is -2.04. The molecule has 0 atom stereocenters. The topological polar surface area (TPSA) is 35.5 Å². The molecule has 2 aromatic rings. The lowest BCUT2D eigenvalue weighted by Gasteiger charge is -2.11. The molecule has 0 spiro atoms. The van der Waals surface area contributed by atoms with E-state index in [1.807, 2.05) is 36.4 Å². The van der Waals surface area contributed by atoms with Gasteiger partial charge in [-0.3, -0.25) is 4.79 Å². The van der Waals surface area contributed by atoms with E-state index in [0.29, 0.717) is 12.8 Å². The van der Waals surface area contributed by atoms with Crippen LogP contribution < -0.4 is 9.47 Å². The van der Waals surface area contributed by atoms with E-state index in [-0.39, 0.29) is 5.78 Å². The van der Waals surface area contributed by atoms with Gasteiger partial charge in [0.2, 0.25) is 0 Å². The molecule has 3 rings (SSSR count). The van der Waals surface area contributed by atoms with E-state index in [1.54, 1.807) is 14.2 Å². The molecular formula is C17H16O3. The molecule has 0 heterocycles. The lowest BCUT2D eigenvalue weighted by atomic mass is 9.96. The first kappa shape index (κ1) is 12.7. The van der Waals surface area contributed by atoms with Gasteiger partial charge in [0, 0.05) is 12.8 Å². The van der Waals surface area contributed by atoms with Crippen LogP contribution in [0, 0.1) is 0 Å². The fourth-order valence-electron chi connectivity index (χ4n) is 2.70. The zero-order valence-corrected chi connectivity index (χ0v) is 11.6. The third-order valence-electron chi connectivity index (χ3n) is 3.69. The van der Waals surface area contributed by atoms with Crippen molar-refractivity contribution in [2.24, 2.45) is 0 Å². The van der Waals surface area contributed by atoms with Gasteiger partial charge in [0.1, 0.15) is 17.3 Å². The monoisotopic (exact) mass is 268 g/mol. The molecule has 0 aromatic heterocycles. The lowest BCUT2D eigenvalue weighted by molar-refractivity contribution is -0.117. The summed E-state index contributed by atoms with van der Waals surface area (Å²) in [6, 6.07) is 11.8. The summed E-state index contributed by atoms with van der Waals surface area (Å²) in [6.07, 6.45) is 0.896. The molecule has 0 saturated carbocycles. The van der Waals surface area contributed by atoms with E-state index in [2.05, 4.69) is 0 Å². The highest BCUT2D eigenvalue weighted by molar-refractivity contribution is 5.91. The van der Waals surface area contributed by atoms with E-state index in [9.17, 15) is 4.79 Å². The van der Waals surface area contributed by atoms with Crippen LogP contribution in [0.2, 0.25) is 0 Å². The average Bonchev–Trinajstić information content (AvgIpc) is 2.60. The van der Waals surface area contributed by atoms with Crippen molar-refractivity contribution in [1.82, 2.24) is 0 Å². The van der Waals surface area contributed by atoms with E-state index in [1.165, 1.54) is 0 Å². The number of hydrogen-bond acceptors (Lipinski definition) is 3. The molecule has 0 saturated heterocycles. The van der Waals surface area contributed by atoms with Gasteiger partial charge in [0.05, 0.1) is 14.2 Å². The molecule has 1 aliphatic carbocycles. The molecule has 2 aromatic carbocycles. The molecule has 0 radical (unpaired) electrons. The van der Waals surface area contributed by atoms with Crippen molar-refractivity contribution < 1.29 is 14.3 Å². The zero-order valence-electron chi connectivity index (χ0n) is 11.6. The van der Waals surface area contributed by atoms with Crippen LogP contribution in [-0.4, -0.2) is 20.0 Å². The Bertz CT molecular complexity index is 616. The van der Waals surface area contributed by atoms with Gasteiger partial charge in [-0.25, -0.2) is 0 Å². The molecule has 0 amide bonds. The Morgan fingerprint density at radius 2 is 1.25 bits per heavy atom. The highest BCUT2D eigenvalue weighted by atomic mass is 16.5. The molecule has 20 heavy (non-hydrogen) atoms. The minimum Gasteiger partial charge on any atom is -0.497 e. The highest BCUT2D eigenvalue weighted by Gasteiger charge is 2.20. The molecule has 0 aliphatic heterocycles. The summed E-state index contributed by atoms with van der Waals surface area (Å²) < 4.78 is 10.5. The van der Waals surface area contributed by atoms with E-state index in [0.717, 1.165) is 33.8 Å². The minimum atomic E-state index is 0.214. The smallest absolute Gasteiger partial charge is 0.141 e. The van der Waals surface area contributed by atoms with E-state index in [4.69, 9.17) is 9.47 Å². The van der Waals surface area contributed by atoms with Crippen LogP contribution >= 0.6 is 0 Å². The second-order valence-electron chi connectivity index (χ2n) is 4.94. The quantitative estimate of drug-likeness (QED) is 0.839. The van der Waals surface area contributed by atoms with Crippen molar-refractivity contribution in [2.45, 2.75) is 12.8 Å². The maximum Gasteiger partial charge on any atom is 0.141 e. The molecule has 0 fully saturated rings. The van der Waals surface area contributed by atoms with Crippen LogP contribution in [0.5, 0.6) is 11.5 Å². The van der Waals surface area contributed by atoms with Crippen molar-refractivity contribution in [1.29, 1.82) is 0 Å². The van der Waals surface area contributed by atoms with Crippen molar-refractivity contribution >= 4 is 5.78 Å². The Labute approximate surface area is 118 Å². The Hall–Kier alpha value is -2.29. The van der Waals surface area contributed by atoms with Gasteiger partial charge in [0.15, 0.2) is 0 Å². The fraction of sp³-hybridized carbons (Fsp3) is 0.235. The minimum absolute atomic E-state index is 0.214. The van der Waals surface area contributed by atoms with Crippen molar-refractivity contribution in [2.75, 3.05) is 14.2 Å². The normalized spacial score (nSPS) is 13.2. The maximum atomic E-state index is 12.1. The van der Waals surface area contributed by atoms with Gasteiger partial charge in [-0.2, -0.15) is 0 Å². The molecule has 0 unspecified atom stereocenters. The first-order valence-corrected chi connectivity index (χ1v) is 6.57. The standard InChI is InChI=1S/C17H16O3/c1-19-14-3-5-16-11(9-14)7-13(18)8-12-10-15(20-2)4-6-17(12)16/h3-6,9-10H,7-8H2,1-2H3. The Balaban J connectivity index is 2.19. The molecule has 3 heteroatoms. The summed E-state index contributed by atoms with van der Waals surface area (Å²) in [6.45, 7) is 0. The Morgan fingerprint density at radius 1 is 0.800 bits per heavy atom. The van der Waals surface area contributed by atoms with Gasteiger partial charge >= 0.3 is 0 Å². The van der Waals surface area contributed by atoms with Crippen LogP contribution in [0.25, 0.3) is 11.1 Å². The summed E-state index contributed by atoms with van der Waals surface area (Å²) in [5.41, 5.74) is 4.26. The molecule has 102 valence electrons. The molecular weight excluding hydrogens is 252 g/mol. The number of benzene rings is 2. The summed E-state index contributed by atoms with van der Waals surface area (Å²) in [7, 11) is 3.28. The third kappa shape index (κ3) is 2.16. The summed E-state index contributed by atoms with van der Waals surface area (Å²) >= 11 is 0. The summed E-state index contributed by atoms with van der Waals surface area (Å²) in [4.78, 5) is 12.1. The summed E-state index contributed by atoms with van der Waals surface area (Å²) in [5, 5.41) is 0. The second-order valence-corrected chi connectivity index (χ2v) is 4.94. The van der Waals surface area contributed by atoms with Crippen LogP contribution in [0.4, 0.5) is 0 Å². The van der Waals surface area contributed by atoms with E-state index >= 15 is 0 Å². The van der Waals surface area contributed by atoms with Crippen molar-refractivity contribution in [3.63, 3.8) is 0 Å². The molecule has 3 nitrogen and oxygen atoms in total. The van der Waals surface area contributed by atoms with Crippen molar-refractivity contribution in [3.8, 4) is 22.6 Å². The number of carbonyl (C=O) groups excluding carboxylic acids is 1. The fourth-order valence-corrected chi connectivity index (χ4v) is 2.70. The number of fused-ring (bicyclic) bond motifs is 3. The molecule has 1 aliphatic rings. The number of carbonyl (C=O) groups is 1. The first-order valence-electron chi connectivity index (χ1n) is 6.57. The van der Waals surface area contributed by atoms with Crippen LogP contribution in [0.1, 0.15) is 11.1 Å². The number of hydrogen-bond donors (Lipinski definition) is 0.